The summed E-state index contributed by atoms with van der Waals surface area (Å²) in [5, 5.41) is 14.1. The molecule has 1 heterocycles. The van der Waals surface area contributed by atoms with E-state index in [0.717, 1.165) is 11.1 Å². The van der Waals surface area contributed by atoms with E-state index < -0.39 is 39.3 Å². The summed E-state index contributed by atoms with van der Waals surface area (Å²) in [5.74, 6) is -3.11. The van der Waals surface area contributed by atoms with Gasteiger partial charge in [-0.2, -0.15) is 0 Å². The van der Waals surface area contributed by atoms with E-state index in [1.54, 1.807) is 32.2 Å². The van der Waals surface area contributed by atoms with Crippen LogP contribution < -0.4 is 5.32 Å². The lowest BCUT2D eigenvalue weighted by Crippen LogP contribution is -2.58. The summed E-state index contributed by atoms with van der Waals surface area (Å²) in [5.41, 5.74) is 0.471. The second-order valence-corrected chi connectivity index (χ2v) is 13.9. The van der Waals surface area contributed by atoms with E-state index in [-0.39, 0.29) is 30.0 Å². The van der Waals surface area contributed by atoms with E-state index in [4.69, 9.17) is 23.2 Å². The van der Waals surface area contributed by atoms with E-state index in [0.29, 0.717) is 29.3 Å². The standard InChI is InChI=1S/C28H34Cl2N2O5S/c1-17(13-14-32(3)38(36,37)23-11-12-23)28(18(2)26(33)34)16-24(20-5-4-6-22(30)15-20)25(31-27(28)35)19-7-9-21(29)10-8-19/h4-10,15,17-18,23-25H,11-14,16H2,1-3H3,(H,31,35)(H,33,34)/t17-,18?,24+,25+,28-/m0/s1. The predicted octanol–water partition coefficient (Wildman–Crippen LogP) is 5.50. The van der Waals surface area contributed by atoms with Gasteiger partial charge >= 0.3 is 5.97 Å². The number of amides is 1. The van der Waals surface area contributed by atoms with Gasteiger partial charge in [0.1, 0.15) is 0 Å². The van der Waals surface area contributed by atoms with Gasteiger partial charge in [0.05, 0.1) is 22.6 Å². The molecule has 5 atom stereocenters. The summed E-state index contributed by atoms with van der Waals surface area (Å²) in [6, 6.07) is 14.2. The number of nitrogens with one attached hydrogen (secondary N) is 1. The highest BCUT2D eigenvalue weighted by Gasteiger charge is 2.56. The topological polar surface area (TPSA) is 104 Å². The molecule has 2 N–H and O–H groups in total. The molecule has 1 unspecified atom stereocenters. The van der Waals surface area contributed by atoms with E-state index in [9.17, 15) is 23.1 Å². The smallest absolute Gasteiger partial charge is 0.307 e. The third-order valence-corrected chi connectivity index (χ3v) is 11.3. The molecule has 10 heteroatoms. The number of halogens is 2. The van der Waals surface area contributed by atoms with E-state index in [1.807, 2.05) is 37.3 Å². The molecule has 0 spiro atoms. The van der Waals surface area contributed by atoms with Gasteiger partial charge < -0.3 is 10.4 Å². The third kappa shape index (κ3) is 5.60. The number of rotatable bonds is 10. The molecule has 0 radical (unpaired) electrons. The minimum absolute atomic E-state index is 0.212. The molecule has 7 nitrogen and oxygen atoms in total. The number of nitrogens with zero attached hydrogens (tertiary/aromatic N) is 1. The van der Waals surface area contributed by atoms with Crippen molar-refractivity contribution in [2.75, 3.05) is 13.6 Å². The van der Waals surface area contributed by atoms with Gasteiger partial charge in [-0.15, -0.1) is 0 Å². The molecule has 2 aromatic rings. The molecule has 1 aliphatic heterocycles. The zero-order valence-corrected chi connectivity index (χ0v) is 24.1. The number of hydrogen-bond acceptors (Lipinski definition) is 4. The predicted molar refractivity (Wildman–Crippen MR) is 149 cm³/mol. The number of carbonyl (C=O) groups is 2. The largest absolute Gasteiger partial charge is 0.481 e. The Hall–Kier alpha value is -2.13. The number of carbonyl (C=O) groups excluding carboxylic acids is 1. The summed E-state index contributed by atoms with van der Waals surface area (Å²) < 4.78 is 26.7. The van der Waals surface area contributed by atoms with Gasteiger partial charge in [0.15, 0.2) is 0 Å². The maximum atomic E-state index is 14.0. The van der Waals surface area contributed by atoms with Gasteiger partial charge in [0, 0.05) is 29.6 Å². The van der Waals surface area contributed by atoms with Crippen molar-refractivity contribution in [1.82, 2.24) is 9.62 Å². The summed E-state index contributed by atoms with van der Waals surface area (Å²) in [7, 11) is -1.82. The van der Waals surface area contributed by atoms with Crippen LogP contribution in [0.2, 0.25) is 10.0 Å². The van der Waals surface area contributed by atoms with Gasteiger partial charge in [-0.25, -0.2) is 12.7 Å². The first-order valence-electron chi connectivity index (χ1n) is 12.9. The number of hydrogen-bond donors (Lipinski definition) is 2. The van der Waals surface area contributed by atoms with Crippen LogP contribution in [0.1, 0.15) is 62.6 Å². The van der Waals surface area contributed by atoms with Gasteiger partial charge in [-0.05, 0) is 67.0 Å². The van der Waals surface area contributed by atoms with Gasteiger partial charge in [0.25, 0.3) is 0 Å². The lowest BCUT2D eigenvalue weighted by Gasteiger charge is -2.49. The first-order valence-corrected chi connectivity index (χ1v) is 15.1. The number of carboxylic acids is 1. The van der Waals surface area contributed by atoms with Gasteiger partial charge in [0.2, 0.25) is 15.9 Å². The molecule has 2 aromatic carbocycles. The zero-order valence-electron chi connectivity index (χ0n) is 21.7. The van der Waals surface area contributed by atoms with E-state index in [2.05, 4.69) is 5.32 Å². The lowest BCUT2D eigenvalue weighted by molar-refractivity contribution is -0.160. The molecule has 0 bridgehead atoms. The summed E-state index contributed by atoms with van der Waals surface area (Å²) in [4.78, 5) is 26.4. The van der Waals surface area contributed by atoms with Crippen molar-refractivity contribution >= 4 is 45.1 Å². The van der Waals surface area contributed by atoms with Crippen molar-refractivity contribution in [1.29, 1.82) is 0 Å². The number of carboxylic acid groups (broad SMARTS) is 1. The Balaban J connectivity index is 1.72. The molecule has 0 aromatic heterocycles. The number of aliphatic carboxylic acids is 1. The van der Waals surface area contributed by atoms with Crippen LogP contribution in [0.4, 0.5) is 0 Å². The van der Waals surface area contributed by atoms with Crippen molar-refractivity contribution < 1.29 is 23.1 Å². The molecule has 1 amide bonds. The molecule has 1 aliphatic carbocycles. The minimum Gasteiger partial charge on any atom is -0.481 e. The zero-order chi connectivity index (χ0) is 27.8. The Kier molecular flexibility index (Phi) is 8.48. The first-order chi connectivity index (χ1) is 17.9. The number of piperidine rings is 1. The fourth-order valence-electron chi connectivity index (χ4n) is 5.81. The minimum atomic E-state index is -3.38. The Labute approximate surface area is 234 Å². The Morgan fingerprint density at radius 2 is 1.76 bits per heavy atom. The van der Waals surface area contributed by atoms with Crippen molar-refractivity contribution in [2.45, 2.75) is 56.7 Å². The van der Waals surface area contributed by atoms with Gasteiger partial charge in [-0.3, -0.25) is 9.59 Å². The van der Waals surface area contributed by atoms with E-state index in [1.165, 1.54) is 4.31 Å². The normalized spacial score (nSPS) is 25.6. The van der Waals surface area contributed by atoms with Gasteiger partial charge in [-0.1, -0.05) is 61.3 Å². The molecule has 38 heavy (non-hydrogen) atoms. The molecular formula is C28H34Cl2N2O5S. The molecule has 2 aliphatic rings. The van der Waals surface area contributed by atoms with Crippen LogP contribution in [0.25, 0.3) is 0 Å². The Morgan fingerprint density at radius 1 is 1.11 bits per heavy atom. The van der Waals surface area contributed by atoms with Crippen LogP contribution in [-0.2, 0) is 19.6 Å². The quantitative estimate of drug-likeness (QED) is 0.386. The molecule has 2 fully saturated rings. The van der Waals surface area contributed by atoms with Crippen LogP contribution >= 0.6 is 23.2 Å². The van der Waals surface area contributed by atoms with Crippen LogP contribution in [0.5, 0.6) is 0 Å². The molecular weight excluding hydrogens is 547 g/mol. The second kappa shape index (κ2) is 11.2. The molecule has 1 saturated heterocycles. The average Bonchev–Trinajstić information content (AvgIpc) is 3.73. The molecule has 206 valence electrons. The second-order valence-electron chi connectivity index (χ2n) is 10.7. The van der Waals surface area contributed by atoms with E-state index >= 15 is 0 Å². The Morgan fingerprint density at radius 3 is 2.34 bits per heavy atom. The third-order valence-electron chi connectivity index (χ3n) is 8.45. The highest BCUT2D eigenvalue weighted by molar-refractivity contribution is 7.90. The number of sulfonamides is 1. The lowest BCUT2D eigenvalue weighted by atomic mass is 9.57. The van der Waals surface area contributed by atoms with Crippen LogP contribution in [-0.4, -0.2) is 48.5 Å². The average molecular weight is 582 g/mol. The summed E-state index contributed by atoms with van der Waals surface area (Å²) in [6.07, 6.45) is 1.94. The van der Waals surface area contributed by atoms with Crippen LogP contribution in [0.15, 0.2) is 48.5 Å². The fourth-order valence-corrected chi connectivity index (χ4v) is 7.74. The maximum absolute atomic E-state index is 14.0. The number of benzene rings is 2. The molecule has 4 rings (SSSR count). The highest BCUT2D eigenvalue weighted by atomic mass is 35.5. The van der Waals surface area contributed by atoms with Crippen LogP contribution in [0.3, 0.4) is 0 Å². The summed E-state index contributed by atoms with van der Waals surface area (Å²) >= 11 is 12.5. The highest BCUT2D eigenvalue weighted by Crippen LogP contribution is 2.53. The molecule has 1 saturated carbocycles. The van der Waals surface area contributed by atoms with Crippen molar-refractivity contribution in [2.24, 2.45) is 17.3 Å². The fraction of sp³-hybridized carbons (Fsp3) is 0.500. The Bertz CT molecular complexity index is 1300. The van der Waals surface area contributed by atoms with Crippen LogP contribution in [0, 0.1) is 17.3 Å². The maximum Gasteiger partial charge on any atom is 0.307 e. The summed E-state index contributed by atoms with van der Waals surface area (Å²) in [6.45, 7) is 3.64. The van der Waals surface area contributed by atoms with Crippen molar-refractivity contribution in [3.63, 3.8) is 0 Å². The first kappa shape index (κ1) is 28.9. The van der Waals surface area contributed by atoms with Crippen molar-refractivity contribution in [3.05, 3.63) is 69.7 Å². The van der Waals surface area contributed by atoms with Crippen molar-refractivity contribution in [3.8, 4) is 0 Å². The SMILES string of the molecule is CC(C(=O)O)[C@@]1([C@@H](C)CCN(C)S(=O)(=O)C2CC2)C[C@H](c2cccc(Cl)c2)[C@@H](c2ccc(Cl)cc2)NC1=O. The monoisotopic (exact) mass is 580 g/mol.